The molecule has 0 saturated heterocycles. The molecule has 1 aromatic carbocycles. The average Bonchev–Trinajstić information content (AvgIpc) is 3.32. The highest BCUT2D eigenvalue weighted by Crippen LogP contribution is 2.62. The van der Waals surface area contributed by atoms with Crippen molar-refractivity contribution in [2.45, 2.75) is 71.8 Å². The molecule has 3 unspecified atom stereocenters. The van der Waals surface area contributed by atoms with E-state index in [9.17, 15) is 4.79 Å². The molecule has 2 aromatic rings. The van der Waals surface area contributed by atoms with E-state index in [2.05, 4.69) is 26.1 Å². The number of carbonyl (C=O) groups excluding carboxylic acids is 1. The van der Waals surface area contributed by atoms with Gasteiger partial charge in [0.1, 0.15) is 0 Å². The molecule has 2 fully saturated rings. The molecule has 3 atom stereocenters. The zero-order valence-electron chi connectivity index (χ0n) is 17.9. The van der Waals surface area contributed by atoms with E-state index in [1.54, 1.807) is 6.07 Å². The van der Waals surface area contributed by atoms with Crippen molar-refractivity contribution in [2.75, 3.05) is 0 Å². The lowest BCUT2D eigenvalue weighted by Crippen LogP contribution is -2.52. The summed E-state index contributed by atoms with van der Waals surface area (Å²) in [6.07, 6.45) is 7.65. The van der Waals surface area contributed by atoms with Crippen LogP contribution < -0.4 is 5.32 Å². The lowest BCUT2D eigenvalue weighted by Gasteiger charge is -2.43. The molecular weight excluding hydrogens is 417 g/mol. The molecule has 1 heterocycles. The van der Waals surface area contributed by atoms with E-state index in [4.69, 9.17) is 28.3 Å². The van der Waals surface area contributed by atoms with Crippen LogP contribution >= 0.6 is 23.2 Å². The molecule has 3 aliphatic carbocycles. The van der Waals surface area contributed by atoms with E-state index in [1.807, 2.05) is 16.8 Å². The summed E-state index contributed by atoms with van der Waals surface area (Å²) in [5, 5.41) is 9.37. The minimum absolute atomic E-state index is 0.0381. The summed E-state index contributed by atoms with van der Waals surface area (Å²) in [7, 11) is 0. The van der Waals surface area contributed by atoms with Crippen molar-refractivity contribution in [3.05, 3.63) is 45.2 Å². The Bertz CT molecular complexity index is 1020. The van der Waals surface area contributed by atoms with Gasteiger partial charge in [0.15, 0.2) is 5.69 Å². The molecule has 5 rings (SSSR count). The first kappa shape index (κ1) is 20.4. The maximum absolute atomic E-state index is 13.5. The van der Waals surface area contributed by atoms with Crippen molar-refractivity contribution in [2.24, 2.45) is 16.7 Å². The molecule has 3 aliphatic rings. The van der Waals surface area contributed by atoms with Crippen LogP contribution in [0.25, 0.3) is 5.69 Å². The fraction of sp³-hybridized carbons (Fsp3) is 0.583. The highest BCUT2D eigenvalue weighted by atomic mass is 35.5. The second kappa shape index (κ2) is 7.00. The molecule has 2 saturated carbocycles. The van der Waals surface area contributed by atoms with Crippen LogP contribution in [-0.4, -0.2) is 21.7 Å². The van der Waals surface area contributed by atoms with Crippen LogP contribution in [0.3, 0.4) is 0 Å². The third-order valence-corrected chi connectivity index (χ3v) is 8.62. The Morgan fingerprint density at radius 2 is 1.97 bits per heavy atom. The normalized spacial score (nSPS) is 29.1. The van der Waals surface area contributed by atoms with Gasteiger partial charge in [-0.15, -0.1) is 0 Å². The summed E-state index contributed by atoms with van der Waals surface area (Å²) in [4.78, 5) is 13.5. The lowest BCUT2D eigenvalue weighted by atomic mass is 9.68. The summed E-state index contributed by atoms with van der Waals surface area (Å²) >= 11 is 12.6. The first-order valence-corrected chi connectivity index (χ1v) is 11.8. The third-order valence-electron chi connectivity index (χ3n) is 8.08. The van der Waals surface area contributed by atoms with Gasteiger partial charge in [-0.1, -0.05) is 44.0 Å². The van der Waals surface area contributed by atoms with Crippen LogP contribution in [0.15, 0.2) is 18.2 Å². The van der Waals surface area contributed by atoms with E-state index >= 15 is 0 Å². The Kier molecular flexibility index (Phi) is 4.75. The Balaban J connectivity index is 1.52. The number of carbonyl (C=O) groups is 1. The average molecular weight is 446 g/mol. The van der Waals surface area contributed by atoms with Crippen LogP contribution in [0.5, 0.6) is 0 Å². The summed E-state index contributed by atoms with van der Waals surface area (Å²) in [5.74, 6) is 0.649. The molecule has 30 heavy (non-hydrogen) atoms. The van der Waals surface area contributed by atoms with E-state index in [0.717, 1.165) is 42.6 Å². The predicted molar refractivity (Wildman–Crippen MR) is 121 cm³/mol. The van der Waals surface area contributed by atoms with Crippen LogP contribution in [0.2, 0.25) is 10.0 Å². The molecule has 1 aromatic heterocycles. The van der Waals surface area contributed by atoms with Crippen molar-refractivity contribution in [3.63, 3.8) is 0 Å². The number of halogens is 2. The van der Waals surface area contributed by atoms with Crippen molar-refractivity contribution in [1.29, 1.82) is 0 Å². The van der Waals surface area contributed by atoms with Gasteiger partial charge >= 0.3 is 0 Å². The molecular formula is C24H29Cl2N3O. The Morgan fingerprint density at radius 1 is 1.20 bits per heavy atom. The molecule has 4 nitrogen and oxygen atoms in total. The largest absolute Gasteiger partial charge is 0.347 e. The van der Waals surface area contributed by atoms with Crippen molar-refractivity contribution in [1.82, 2.24) is 15.1 Å². The maximum atomic E-state index is 13.5. The van der Waals surface area contributed by atoms with E-state index in [1.165, 1.54) is 19.3 Å². The molecule has 6 heteroatoms. The number of nitrogens with one attached hydrogen (secondary N) is 1. The number of benzene rings is 1. The summed E-state index contributed by atoms with van der Waals surface area (Å²) < 4.78 is 1.87. The molecule has 1 amide bonds. The predicted octanol–water partition coefficient (Wildman–Crippen LogP) is 6.00. The number of fused-ring (bicyclic) bond motifs is 3. The fourth-order valence-electron chi connectivity index (χ4n) is 6.50. The van der Waals surface area contributed by atoms with Gasteiger partial charge in [-0.2, -0.15) is 5.10 Å². The molecule has 0 radical (unpaired) electrons. The zero-order chi connectivity index (χ0) is 21.3. The number of nitrogens with zero attached hydrogens (tertiary/aromatic N) is 2. The van der Waals surface area contributed by atoms with Gasteiger partial charge in [0, 0.05) is 22.3 Å². The monoisotopic (exact) mass is 445 g/mol. The third kappa shape index (κ3) is 3.02. The molecule has 160 valence electrons. The van der Waals surface area contributed by atoms with Crippen molar-refractivity contribution in [3.8, 4) is 5.69 Å². The van der Waals surface area contributed by atoms with Gasteiger partial charge in [0.25, 0.3) is 5.91 Å². The van der Waals surface area contributed by atoms with Gasteiger partial charge in [0.2, 0.25) is 0 Å². The molecule has 2 bridgehead atoms. The molecule has 0 spiro atoms. The van der Waals surface area contributed by atoms with Gasteiger partial charge < -0.3 is 5.32 Å². The minimum Gasteiger partial charge on any atom is -0.347 e. The number of hydrogen-bond donors (Lipinski definition) is 1. The summed E-state index contributed by atoms with van der Waals surface area (Å²) in [6.45, 7) is 6.97. The Labute approximate surface area is 188 Å². The standard InChI is InChI=1S/C24H29Cl2N3O/c1-23(2)14-10-11-24(3,13-14)22(23)27-21(30)20-16-6-4-5-7-18(16)29(28-20)19-9-8-15(25)12-17(19)26/h8-9,12,14,22H,4-7,10-11,13H2,1-3H3,(H,27,30). The number of hydrogen-bond acceptors (Lipinski definition) is 2. The van der Waals surface area contributed by atoms with Gasteiger partial charge in [-0.25, -0.2) is 4.68 Å². The van der Waals surface area contributed by atoms with Crippen LogP contribution in [0.1, 0.15) is 74.6 Å². The SMILES string of the molecule is CC12CCC(C1)C(C)(C)C2NC(=O)c1nn(-c2ccc(Cl)cc2Cl)c2c1CCCC2. The Morgan fingerprint density at radius 3 is 2.67 bits per heavy atom. The quantitative estimate of drug-likeness (QED) is 0.629. The van der Waals surface area contributed by atoms with Crippen molar-refractivity contribution < 1.29 is 4.79 Å². The van der Waals surface area contributed by atoms with Crippen LogP contribution in [0.4, 0.5) is 0 Å². The Hall–Kier alpha value is -1.52. The van der Waals surface area contributed by atoms with Gasteiger partial charge in [-0.3, -0.25) is 4.79 Å². The second-order valence-corrected chi connectivity index (χ2v) is 11.2. The highest BCUT2D eigenvalue weighted by molar-refractivity contribution is 6.35. The molecule has 0 aliphatic heterocycles. The van der Waals surface area contributed by atoms with E-state index in [0.29, 0.717) is 21.7 Å². The number of aromatic nitrogens is 2. The molecule has 1 N–H and O–H groups in total. The number of amides is 1. The highest BCUT2D eigenvalue weighted by Gasteiger charge is 2.59. The topological polar surface area (TPSA) is 46.9 Å². The van der Waals surface area contributed by atoms with E-state index < -0.39 is 0 Å². The lowest BCUT2D eigenvalue weighted by molar-refractivity contribution is 0.0732. The van der Waals surface area contributed by atoms with Crippen LogP contribution in [0, 0.1) is 16.7 Å². The summed E-state index contributed by atoms with van der Waals surface area (Å²) in [5.41, 5.74) is 3.84. The zero-order valence-corrected chi connectivity index (χ0v) is 19.4. The minimum atomic E-state index is -0.0381. The van der Waals surface area contributed by atoms with Crippen LogP contribution in [-0.2, 0) is 12.8 Å². The smallest absolute Gasteiger partial charge is 0.272 e. The van der Waals surface area contributed by atoms with Gasteiger partial charge in [-0.05, 0) is 79.9 Å². The first-order valence-electron chi connectivity index (χ1n) is 11.1. The van der Waals surface area contributed by atoms with Gasteiger partial charge in [0.05, 0.1) is 10.7 Å². The fourth-order valence-corrected chi connectivity index (χ4v) is 6.98. The van der Waals surface area contributed by atoms with Crippen molar-refractivity contribution >= 4 is 29.1 Å². The van der Waals surface area contributed by atoms with E-state index in [-0.39, 0.29) is 22.8 Å². The second-order valence-electron chi connectivity index (χ2n) is 10.3. The summed E-state index contributed by atoms with van der Waals surface area (Å²) in [6, 6.07) is 5.61. The maximum Gasteiger partial charge on any atom is 0.272 e. The number of rotatable bonds is 3. The first-order chi connectivity index (χ1) is 14.2.